The van der Waals surface area contributed by atoms with Crippen molar-refractivity contribution in [2.45, 2.75) is 17.5 Å². The second-order valence-corrected chi connectivity index (χ2v) is 11.4. The molecule has 0 radical (unpaired) electrons. The molecular weight excluding hydrogens is 595 g/mol. The van der Waals surface area contributed by atoms with Gasteiger partial charge in [-0.25, -0.2) is 22.8 Å². The number of oxazole rings is 1. The van der Waals surface area contributed by atoms with E-state index in [-0.39, 0.29) is 55.9 Å². The summed E-state index contributed by atoms with van der Waals surface area (Å²) in [6.07, 6.45) is 1.16. The second-order valence-electron chi connectivity index (χ2n) is 8.30. The number of aromatic nitrogens is 2. The van der Waals surface area contributed by atoms with Crippen molar-refractivity contribution in [3.8, 4) is 11.8 Å². The number of nitrogens with zero attached hydrogens (tertiary/aromatic N) is 3. The van der Waals surface area contributed by atoms with E-state index < -0.39 is 33.7 Å². The predicted octanol–water partition coefficient (Wildman–Crippen LogP) is 4.41. The molecule has 5 rings (SSSR count). The minimum Gasteiger partial charge on any atom is -0.492 e. The number of anilines is 2. The van der Waals surface area contributed by atoms with Gasteiger partial charge in [-0.3, -0.25) is 9.10 Å². The number of aromatic hydroxyl groups is 1. The fourth-order valence-electron chi connectivity index (χ4n) is 3.94. The number of carbonyl (C=O) groups is 1. The van der Waals surface area contributed by atoms with Crippen LogP contribution >= 0.6 is 34.8 Å². The first-order valence-corrected chi connectivity index (χ1v) is 13.7. The average Bonchev–Trinajstić information content (AvgIpc) is 3.20. The monoisotopic (exact) mass is 610 g/mol. The highest BCUT2D eigenvalue weighted by atomic mass is 35.5. The lowest BCUT2D eigenvalue weighted by atomic mass is 10.2. The molecular formula is C24H17Cl3N4O7S. The van der Waals surface area contributed by atoms with E-state index in [0.717, 1.165) is 15.1 Å². The van der Waals surface area contributed by atoms with Crippen molar-refractivity contribution >= 4 is 62.1 Å². The van der Waals surface area contributed by atoms with Crippen molar-refractivity contribution in [1.29, 1.82) is 0 Å². The number of hydrogen-bond acceptors (Lipinski definition) is 8. The molecule has 15 heteroatoms. The van der Waals surface area contributed by atoms with Crippen LogP contribution in [0.5, 0.6) is 11.8 Å². The lowest BCUT2D eigenvalue weighted by molar-refractivity contribution is 0.102. The summed E-state index contributed by atoms with van der Waals surface area (Å²) in [7, 11) is -4.24. The highest BCUT2D eigenvalue weighted by Gasteiger charge is 2.36. The third-order valence-corrected chi connectivity index (χ3v) is 8.37. The van der Waals surface area contributed by atoms with Gasteiger partial charge >= 0.3 is 5.76 Å². The van der Waals surface area contributed by atoms with Crippen LogP contribution < -0.4 is 20.1 Å². The van der Waals surface area contributed by atoms with Gasteiger partial charge < -0.3 is 19.6 Å². The third kappa shape index (κ3) is 5.28. The number of carbonyl (C=O) groups excluding carboxylic acids is 1. The summed E-state index contributed by atoms with van der Waals surface area (Å²) >= 11 is 18.3. The Hall–Kier alpha value is -3.71. The highest BCUT2D eigenvalue weighted by Crippen LogP contribution is 2.38. The number of pyridine rings is 1. The van der Waals surface area contributed by atoms with Crippen molar-refractivity contribution < 1.29 is 27.5 Å². The maximum atomic E-state index is 13.8. The molecule has 3 heterocycles. The Bertz CT molecular complexity index is 1740. The van der Waals surface area contributed by atoms with Crippen molar-refractivity contribution in [3.05, 3.63) is 92.2 Å². The fraction of sp³-hybridized carbons (Fsp3) is 0.125. The minimum absolute atomic E-state index is 0.0121. The van der Waals surface area contributed by atoms with Gasteiger partial charge in [0.15, 0.2) is 6.26 Å². The fourth-order valence-corrected chi connectivity index (χ4v) is 6.30. The van der Waals surface area contributed by atoms with Gasteiger partial charge in [-0.05, 0) is 36.4 Å². The van der Waals surface area contributed by atoms with Crippen molar-refractivity contribution in [2.24, 2.45) is 0 Å². The molecule has 2 N–H and O–H groups in total. The molecule has 1 aliphatic rings. The molecule has 0 saturated heterocycles. The maximum Gasteiger partial charge on any atom is 0.421 e. The molecule has 4 aromatic rings. The van der Waals surface area contributed by atoms with Crippen LogP contribution in [0.15, 0.2) is 75.1 Å². The Morgan fingerprint density at radius 3 is 2.51 bits per heavy atom. The maximum absolute atomic E-state index is 13.8. The van der Waals surface area contributed by atoms with E-state index in [1.54, 1.807) is 6.07 Å². The summed E-state index contributed by atoms with van der Waals surface area (Å²) in [5.41, 5.74) is 0.174. The van der Waals surface area contributed by atoms with Gasteiger partial charge in [0.05, 0.1) is 45.5 Å². The molecule has 39 heavy (non-hydrogen) atoms. The van der Waals surface area contributed by atoms with E-state index >= 15 is 0 Å². The van der Waals surface area contributed by atoms with Crippen LogP contribution in [0.4, 0.5) is 11.4 Å². The molecule has 1 unspecified atom stereocenters. The van der Waals surface area contributed by atoms with Crippen molar-refractivity contribution in [3.63, 3.8) is 0 Å². The lowest BCUT2D eigenvalue weighted by Crippen LogP contribution is -2.46. The van der Waals surface area contributed by atoms with Gasteiger partial charge in [-0.2, -0.15) is 0 Å². The summed E-state index contributed by atoms with van der Waals surface area (Å²) in [5, 5.41) is 13.0. The molecule has 2 aromatic carbocycles. The van der Waals surface area contributed by atoms with E-state index in [2.05, 4.69) is 14.7 Å². The normalized spacial score (nSPS) is 14.9. The summed E-state index contributed by atoms with van der Waals surface area (Å²) in [5.74, 6) is -2.04. The van der Waals surface area contributed by atoms with E-state index in [1.807, 2.05) is 0 Å². The van der Waals surface area contributed by atoms with Crippen LogP contribution in [0.3, 0.4) is 0 Å². The number of sulfonamides is 1. The molecule has 11 nitrogen and oxygen atoms in total. The van der Waals surface area contributed by atoms with E-state index in [1.165, 1.54) is 48.7 Å². The van der Waals surface area contributed by atoms with Gasteiger partial charge in [-0.1, -0.05) is 46.9 Å². The molecule has 1 atom stereocenters. The number of fused-ring (bicyclic) bond motifs is 1. The first-order chi connectivity index (χ1) is 18.5. The number of nitrogens with one attached hydrogen (secondary N) is 1. The Labute approximate surface area is 236 Å². The smallest absolute Gasteiger partial charge is 0.421 e. The first-order valence-electron chi connectivity index (χ1n) is 11.1. The Morgan fingerprint density at radius 1 is 1.13 bits per heavy atom. The van der Waals surface area contributed by atoms with Crippen LogP contribution in [0.1, 0.15) is 10.4 Å². The number of halogens is 3. The zero-order chi connectivity index (χ0) is 27.9. The Morgan fingerprint density at radius 2 is 1.85 bits per heavy atom. The summed E-state index contributed by atoms with van der Waals surface area (Å²) in [4.78, 5) is 29.0. The summed E-state index contributed by atoms with van der Waals surface area (Å²) in [6.45, 7) is -0.526. The first kappa shape index (κ1) is 26.9. The largest absolute Gasteiger partial charge is 0.492 e. The Kier molecular flexibility index (Phi) is 7.21. The van der Waals surface area contributed by atoms with E-state index in [0.29, 0.717) is 0 Å². The summed E-state index contributed by atoms with van der Waals surface area (Å²) in [6, 6.07) is 11.6. The van der Waals surface area contributed by atoms with Crippen LogP contribution in [0, 0.1) is 0 Å². The number of amides is 1. The van der Waals surface area contributed by atoms with Gasteiger partial charge in [-0.15, -0.1) is 0 Å². The number of ether oxygens (including phenoxy) is 1. The Balaban J connectivity index is 1.54. The molecule has 0 fully saturated rings. The number of hydrogen-bond donors (Lipinski definition) is 2. The van der Waals surface area contributed by atoms with E-state index in [9.17, 15) is 23.1 Å². The number of rotatable bonds is 6. The van der Waals surface area contributed by atoms with Gasteiger partial charge in [0.25, 0.3) is 15.9 Å². The summed E-state index contributed by atoms with van der Waals surface area (Å²) < 4.78 is 40.0. The molecule has 0 spiro atoms. The molecule has 1 aliphatic heterocycles. The standard InChI is InChI=1S/C24H17Cl3N4O7S/c25-13-3-1-4-16(7-13)39(35,36)31-11-15(10-30-20(32)12-37-24(30)34)38-23-19(31)8-14(9-28-23)29-22(33)21-17(26)5-2-6-18(21)27/h1-9,12,15,32H,10-11H2,(H,29,33). The van der Waals surface area contributed by atoms with Crippen molar-refractivity contribution in [1.82, 2.24) is 9.55 Å². The second kappa shape index (κ2) is 10.5. The zero-order valence-corrected chi connectivity index (χ0v) is 22.6. The lowest BCUT2D eigenvalue weighted by Gasteiger charge is -2.34. The molecule has 202 valence electrons. The predicted molar refractivity (Wildman–Crippen MR) is 144 cm³/mol. The van der Waals surface area contributed by atoms with Crippen LogP contribution in [-0.4, -0.2) is 41.6 Å². The molecule has 0 aliphatic carbocycles. The molecule has 0 bridgehead atoms. The molecule has 0 saturated carbocycles. The number of benzene rings is 2. The van der Waals surface area contributed by atoms with E-state index in [4.69, 9.17) is 39.5 Å². The molecule has 2 aromatic heterocycles. The van der Waals surface area contributed by atoms with Gasteiger partial charge in [0.1, 0.15) is 11.8 Å². The van der Waals surface area contributed by atoms with Crippen molar-refractivity contribution in [2.75, 3.05) is 16.2 Å². The van der Waals surface area contributed by atoms with Crippen LogP contribution in [0.25, 0.3) is 0 Å². The zero-order valence-electron chi connectivity index (χ0n) is 19.5. The van der Waals surface area contributed by atoms with Crippen LogP contribution in [-0.2, 0) is 16.6 Å². The SMILES string of the molecule is O=C(Nc1cnc2c(c1)N(S(=O)(=O)c1cccc(Cl)c1)CC(Cn1c(O)coc1=O)O2)c1c(Cl)cccc1Cl. The highest BCUT2D eigenvalue weighted by molar-refractivity contribution is 7.92. The van der Waals surface area contributed by atoms with Crippen LogP contribution in [0.2, 0.25) is 15.1 Å². The molecule has 1 amide bonds. The quantitative estimate of drug-likeness (QED) is 0.326. The minimum atomic E-state index is -4.24. The van der Waals surface area contributed by atoms with Gasteiger partial charge in [0.2, 0.25) is 11.8 Å². The third-order valence-electron chi connectivity index (χ3n) is 5.73. The average molecular weight is 612 g/mol. The van der Waals surface area contributed by atoms with Gasteiger partial charge in [0, 0.05) is 5.02 Å². The topological polar surface area (TPSA) is 144 Å².